The van der Waals surface area contributed by atoms with E-state index in [2.05, 4.69) is 12.6 Å². The van der Waals surface area contributed by atoms with Gasteiger partial charge in [-0.1, -0.05) is 36.4 Å². The van der Waals surface area contributed by atoms with Crippen molar-refractivity contribution in [3.05, 3.63) is 64.6 Å². The van der Waals surface area contributed by atoms with Gasteiger partial charge in [0.05, 0.1) is 12.0 Å². The SMILES string of the molecule is COc1cc(C=C(S)C(=O)O)ccc1OCc1ccccc1. The monoisotopic (exact) mass is 316 g/mol. The molecule has 0 heterocycles. The molecule has 0 aliphatic carbocycles. The molecule has 2 rings (SSSR count). The Kier molecular flexibility index (Phi) is 5.49. The first-order chi connectivity index (χ1) is 10.6. The molecule has 4 nitrogen and oxygen atoms in total. The molecule has 0 radical (unpaired) electrons. The summed E-state index contributed by atoms with van der Waals surface area (Å²) in [6.07, 6.45) is 1.45. The number of methoxy groups -OCH3 is 1. The van der Waals surface area contributed by atoms with E-state index in [4.69, 9.17) is 14.6 Å². The minimum Gasteiger partial charge on any atom is -0.493 e. The first-order valence-electron chi connectivity index (χ1n) is 6.59. The number of carboxylic acids is 1. The molecule has 0 unspecified atom stereocenters. The largest absolute Gasteiger partial charge is 0.493 e. The number of hydrogen-bond donors (Lipinski definition) is 2. The van der Waals surface area contributed by atoms with Crippen LogP contribution in [0.2, 0.25) is 0 Å². The average molecular weight is 316 g/mol. The maximum atomic E-state index is 10.8. The van der Waals surface area contributed by atoms with Crippen molar-refractivity contribution in [3.8, 4) is 11.5 Å². The summed E-state index contributed by atoms with van der Waals surface area (Å²) in [5.41, 5.74) is 1.73. The highest BCUT2D eigenvalue weighted by molar-refractivity contribution is 7.85. The first kappa shape index (κ1) is 16.0. The van der Waals surface area contributed by atoms with Crippen LogP contribution in [0.3, 0.4) is 0 Å². The van der Waals surface area contributed by atoms with E-state index in [1.807, 2.05) is 30.3 Å². The lowest BCUT2D eigenvalue weighted by Crippen LogP contribution is -1.98. The zero-order chi connectivity index (χ0) is 15.9. The van der Waals surface area contributed by atoms with Gasteiger partial charge in [0.15, 0.2) is 11.5 Å². The maximum Gasteiger partial charge on any atom is 0.341 e. The fraction of sp³-hybridized carbons (Fsp3) is 0.118. The molecule has 0 amide bonds. The van der Waals surface area contributed by atoms with E-state index < -0.39 is 5.97 Å². The lowest BCUT2D eigenvalue weighted by Gasteiger charge is -2.11. The summed E-state index contributed by atoms with van der Waals surface area (Å²) in [5, 5.41) is 8.83. The smallest absolute Gasteiger partial charge is 0.341 e. The van der Waals surface area contributed by atoms with Crippen molar-refractivity contribution in [2.24, 2.45) is 0 Å². The average Bonchev–Trinajstić information content (AvgIpc) is 2.54. The molecule has 1 N–H and O–H groups in total. The molecule has 0 aliphatic rings. The number of carboxylic acid groups (broad SMARTS) is 1. The van der Waals surface area contributed by atoms with Gasteiger partial charge in [0.25, 0.3) is 0 Å². The lowest BCUT2D eigenvalue weighted by atomic mass is 10.2. The number of hydrogen-bond acceptors (Lipinski definition) is 4. The van der Waals surface area contributed by atoms with E-state index in [-0.39, 0.29) is 4.91 Å². The van der Waals surface area contributed by atoms with Crippen LogP contribution >= 0.6 is 12.6 Å². The minimum absolute atomic E-state index is 0.0417. The topological polar surface area (TPSA) is 55.8 Å². The summed E-state index contributed by atoms with van der Waals surface area (Å²) >= 11 is 3.90. The van der Waals surface area contributed by atoms with Crippen molar-refractivity contribution in [2.45, 2.75) is 6.61 Å². The second-order valence-corrected chi connectivity index (χ2v) is 5.00. The Morgan fingerprint density at radius 3 is 2.55 bits per heavy atom. The normalized spacial score (nSPS) is 11.1. The van der Waals surface area contributed by atoms with Crippen molar-refractivity contribution < 1.29 is 19.4 Å². The number of rotatable bonds is 6. The van der Waals surface area contributed by atoms with Crippen LogP contribution in [0.5, 0.6) is 11.5 Å². The van der Waals surface area contributed by atoms with Gasteiger partial charge >= 0.3 is 5.97 Å². The Morgan fingerprint density at radius 1 is 1.18 bits per heavy atom. The van der Waals surface area contributed by atoms with Crippen molar-refractivity contribution in [3.63, 3.8) is 0 Å². The van der Waals surface area contributed by atoms with Gasteiger partial charge in [0.1, 0.15) is 6.61 Å². The van der Waals surface area contributed by atoms with Crippen LogP contribution in [0, 0.1) is 0 Å². The van der Waals surface area contributed by atoms with Gasteiger partial charge in [0, 0.05) is 0 Å². The van der Waals surface area contributed by atoms with Gasteiger partial charge in [-0.3, -0.25) is 0 Å². The quantitative estimate of drug-likeness (QED) is 0.631. The molecule has 0 saturated carbocycles. The van der Waals surface area contributed by atoms with Crippen molar-refractivity contribution in [1.82, 2.24) is 0 Å². The molecular weight excluding hydrogens is 300 g/mol. The zero-order valence-corrected chi connectivity index (χ0v) is 12.9. The van der Waals surface area contributed by atoms with Gasteiger partial charge in [-0.25, -0.2) is 4.79 Å². The van der Waals surface area contributed by atoms with Crippen LogP contribution in [-0.4, -0.2) is 18.2 Å². The molecule has 0 fully saturated rings. The van der Waals surface area contributed by atoms with E-state index in [0.717, 1.165) is 5.56 Å². The number of aliphatic carboxylic acids is 1. The van der Waals surface area contributed by atoms with Crippen LogP contribution in [0.1, 0.15) is 11.1 Å². The Hall–Kier alpha value is -2.40. The first-order valence-corrected chi connectivity index (χ1v) is 7.03. The molecule has 5 heteroatoms. The molecule has 114 valence electrons. The molecule has 0 saturated heterocycles. The van der Waals surface area contributed by atoms with E-state index in [9.17, 15) is 4.79 Å². The maximum absolute atomic E-state index is 10.8. The van der Waals surface area contributed by atoms with Crippen molar-refractivity contribution in [1.29, 1.82) is 0 Å². The second-order valence-electron chi connectivity index (χ2n) is 4.52. The molecule has 0 aliphatic heterocycles. The fourth-order valence-corrected chi connectivity index (χ4v) is 2.00. The van der Waals surface area contributed by atoms with Gasteiger partial charge in [-0.05, 0) is 29.3 Å². The molecule has 2 aromatic carbocycles. The summed E-state index contributed by atoms with van der Waals surface area (Å²) in [5.74, 6) is 0.0578. The highest BCUT2D eigenvalue weighted by Gasteiger charge is 2.07. The van der Waals surface area contributed by atoms with E-state index in [0.29, 0.717) is 23.7 Å². The molecule has 22 heavy (non-hydrogen) atoms. The zero-order valence-electron chi connectivity index (χ0n) is 12.0. The number of carbonyl (C=O) groups is 1. The highest BCUT2D eigenvalue weighted by atomic mass is 32.1. The summed E-state index contributed by atoms with van der Waals surface area (Å²) in [6, 6.07) is 15.0. The van der Waals surface area contributed by atoms with Gasteiger partial charge in [-0.15, -0.1) is 12.6 Å². The van der Waals surface area contributed by atoms with Gasteiger partial charge in [0.2, 0.25) is 0 Å². The lowest BCUT2D eigenvalue weighted by molar-refractivity contribution is -0.131. The van der Waals surface area contributed by atoms with Crippen LogP contribution in [-0.2, 0) is 11.4 Å². The van der Waals surface area contributed by atoms with Crippen LogP contribution in [0.25, 0.3) is 6.08 Å². The molecule has 0 aromatic heterocycles. The third kappa shape index (κ3) is 4.30. The minimum atomic E-state index is -1.08. The number of ether oxygens (including phenoxy) is 2. The third-order valence-electron chi connectivity index (χ3n) is 2.95. The Balaban J connectivity index is 2.16. The van der Waals surface area contributed by atoms with Crippen LogP contribution < -0.4 is 9.47 Å². The Morgan fingerprint density at radius 2 is 1.91 bits per heavy atom. The van der Waals surface area contributed by atoms with E-state index in [1.54, 1.807) is 18.2 Å². The molecular formula is C17H16O4S. The highest BCUT2D eigenvalue weighted by Crippen LogP contribution is 2.29. The standard InChI is InChI=1S/C17H16O4S/c1-20-15-9-13(10-16(22)17(18)19)7-8-14(15)21-11-12-5-3-2-4-6-12/h2-10,22H,11H2,1H3,(H,18,19). The predicted molar refractivity (Wildman–Crippen MR) is 88.4 cm³/mol. The summed E-state index contributed by atoms with van der Waals surface area (Å²) in [4.78, 5) is 10.7. The molecule has 2 aromatic rings. The number of thiol groups is 1. The van der Waals surface area contributed by atoms with Gasteiger partial charge < -0.3 is 14.6 Å². The van der Waals surface area contributed by atoms with Crippen LogP contribution in [0.4, 0.5) is 0 Å². The summed E-state index contributed by atoms with van der Waals surface area (Å²) in [7, 11) is 1.54. The number of benzene rings is 2. The van der Waals surface area contributed by atoms with Crippen molar-refractivity contribution in [2.75, 3.05) is 7.11 Å². The third-order valence-corrected chi connectivity index (χ3v) is 3.27. The van der Waals surface area contributed by atoms with Gasteiger partial charge in [-0.2, -0.15) is 0 Å². The second kappa shape index (κ2) is 7.56. The van der Waals surface area contributed by atoms with E-state index in [1.165, 1.54) is 13.2 Å². The fourth-order valence-electron chi connectivity index (χ4n) is 1.85. The molecule has 0 spiro atoms. The summed E-state index contributed by atoms with van der Waals surface area (Å²) < 4.78 is 11.0. The Bertz CT molecular complexity index is 680. The molecule has 0 bridgehead atoms. The van der Waals surface area contributed by atoms with Crippen molar-refractivity contribution >= 4 is 24.7 Å². The van der Waals surface area contributed by atoms with Crippen LogP contribution in [0.15, 0.2) is 53.4 Å². The van der Waals surface area contributed by atoms with E-state index >= 15 is 0 Å². The predicted octanol–water partition coefficient (Wildman–Crippen LogP) is 3.63. The molecule has 0 atom stereocenters. The summed E-state index contributed by atoms with van der Waals surface area (Å²) in [6.45, 7) is 0.430. The Labute approximate surface area is 134 Å².